The monoisotopic (exact) mass is 419 g/mol. The van der Waals surface area contributed by atoms with Crippen LogP contribution in [0.1, 0.15) is 18.4 Å². The maximum absolute atomic E-state index is 13.5. The molecule has 24 heavy (non-hydrogen) atoms. The van der Waals surface area contributed by atoms with Gasteiger partial charge in [-0.1, -0.05) is 6.07 Å². The Morgan fingerprint density at radius 2 is 2.21 bits per heavy atom. The molecule has 0 saturated heterocycles. The first-order valence-corrected chi connectivity index (χ1v) is 10.3. The fraction of sp³-hybridized carbons (Fsp3) is 0.562. The normalized spacial score (nSPS) is 31.6. The number of nitrogens with one attached hydrogen (secondary N) is 1. The first-order valence-electron chi connectivity index (χ1n) is 7.66. The SMILES string of the molecule is COC(=O)[C@]1(Cc2ccc(F)c(Br)c2)C[C@@H](NS(C)(=O)=O)[C@@H]2C[C@@H]21. The van der Waals surface area contributed by atoms with Crippen LogP contribution in [0.4, 0.5) is 4.39 Å². The van der Waals surface area contributed by atoms with Crippen LogP contribution in [0.5, 0.6) is 0 Å². The molecular formula is C16H19BrFNO4S. The topological polar surface area (TPSA) is 72.5 Å². The standard InChI is InChI=1S/C16H19BrFNO4S/c1-23-15(20)16(7-9-3-4-13(18)12(17)5-9)8-14(10-6-11(10)16)19-24(2,21)22/h3-5,10-11,14,19H,6-8H2,1-2H3/t10-,11+,14-,16-/m1/s1. The van der Waals surface area contributed by atoms with Gasteiger partial charge in [0.1, 0.15) is 5.82 Å². The van der Waals surface area contributed by atoms with E-state index in [9.17, 15) is 17.6 Å². The third kappa shape index (κ3) is 3.23. The Balaban J connectivity index is 1.90. The van der Waals surface area contributed by atoms with Crippen LogP contribution in [-0.4, -0.2) is 33.8 Å². The molecular weight excluding hydrogens is 401 g/mol. The first-order chi connectivity index (χ1) is 11.2. The number of rotatable bonds is 5. The second-order valence-corrected chi connectivity index (χ2v) is 9.41. The van der Waals surface area contributed by atoms with Gasteiger partial charge in [0, 0.05) is 6.04 Å². The Hall–Kier alpha value is -0.990. The van der Waals surface area contributed by atoms with Gasteiger partial charge in [-0.05, 0) is 64.7 Å². The summed E-state index contributed by atoms with van der Waals surface area (Å²) in [6.07, 6.45) is 2.73. The molecule has 0 radical (unpaired) electrons. The van der Waals surface area contributed by atoms with Crippen molar-refractivity contribution in [2.75, 3.05) is 13.4 Å². The van der Waals surface area contributed by atoms with Crippen LogP contribution in [-0.2, 0) is 26.0 Å². The van der Waals surface area contributed by atoms with Crippen molar-refractivity contribution in [1.29, 1.82) is 0 Å². The molecule has 2 aliphatic rings. The minimum Gasteiger partial charge on any atom is -0.469 e. The summed E-state index contributed by atoms with van der Waals surface area (Å²) in [5.41, 5.74) is 0.0540. The van der Waals surface area contributed by atoms with Crippen molar-refractivity contribution < 1.29 is 22.3 Å². The molecule has 1 aromatic rings. The van der Waals surface area contributed by atoms with E-state index in [1.807, 2.05) is 0 Å². The summed E-state index contributed by atoms with van der Waals surface area (Å²) in [7, 11) is -1.99. The van der Waals surface area contributed by atoms with Gasteiger partial charge in [-0.15, -0.1) is 0 Å². The van der Waals surface area contributed by atoms with Crippen molar-refractivity contribution in [3.8, 4) is 0 Å². The van der Waals surface area contributed by atoms with Crippen molar-refractivity contribution in [3.63, 3.8) is 0 Å². The van der Waals surface area contributed by atoms with Crippen molar-refractivity contribution >= 4 is 31.9 Å². The Morgan fingerprint density at radius 3 is 2.79 bits per heavy atom. The summed E-state index contributed by atoms with van der Waals surface area (Å²) >= 11 is 3.16. The molecule has 2 saturated carbocycles. The molecule has 5 nitrogen and oxygen atoms in total. The lowest BCUT2D eigenvalue weighted by molar-refractivity contribution is -0.154. The summed E-state index contributed by atoms with van der Waals surface area (Å²) in [5.74, 6) is -0.442. The van der Waals surface area contributed by atoms with E-state index in [2.05, 4.69) is 20.7 Å². The van der Waals surface area contributed by atoms with E-state index in [1.165, 1.54) is 13.2 Å². The quantitative estimate of drug-likeness (QED) is 0.742. The largest absolute Gasteiger partial charge is 0.469 e. The number of esters is 1. The third-order valence-electron chi connectivity index (χ3n) is 5.11. The van der Waals surface area contributed by atoms with Gasteiger partial charge in [-0.3, -0.25) is 4.79 Å². The van der Waals surface area contributed by atoms with E-state index in [-0.39, 0.29) is 29.7 Å². The summed E-state index contributed by atoms with van der Waals surface area (Å²) in [6, 6.07) is 4.41. The van der Waals surface area contributed by atoms with Crippen molar-refractivity contribution in [1.82, 2.24) is 4.72 Å². The molecule has 132 valence electrons. The van der Waals surface area contributed by atoms with Crippen LogP contribution >= 0.6 is 15.9 Å². The highest BCUT2D eigenvalue weighted by molar-refractivity contribution is 9.10. The Labute approximate surface area is 149 Å². The van der Waals surface area contributed by atoms with Gasteiger partial charge in [0.25, 0.3) is 0 Å². The highest BCUT2D eigenvalue weighted by Crippen LogP contribution is 2.63. The predicted octanol–water partition coefficient (Wildman–Crippen LogP) is 2.25. The number of carbonyl (C=O) groups excluding carboxylic acids is 1. The second kappa shape index (κ2) is 6.07. The number of benzene rings is 1. The molecule has 1 N–H and O–H groups in total. The minimum atomic E-state index is -3.34. The fourth-order valence-electron chi connectivity index (χ4n) is 4.12. The third-order valence-corrected chi connectivity index (χ3v) is 6.45. The maximum Gasteiger partial charge on any atom is 0.312 e. The second-order valence-electron chi connectivity index (χ2n) is 6.78. The van der Waals surface area contributed by atoms with Gasteiger partial charge in [-0.2, -0.15) is 0 Å². The number of sulfonamides is 1. The lowest BCUT2D eigenvalue weighted by Crippen LogP contribution is -2.40. The lowest BCUT2D eigenvalue weighted by atomic mass is 9.76. The van der Waals surface area contributed by atoms with Crippen LogP contribution in [0.3, 0.4) is 0 Å². The fourth-order valence-corrected chi connectivity index (χ4v) is 5.36. The molecule has 4 atom stereocenters. The number of ether oxygens (including phenoxy) is 1. The highest BCUT2D eigenvalue weighted by atomic mass is 79.9. The number of hydrogen-bond acceptors (Lipinski definition) is 4. The zero-order valence-electron chi connectivity index (χ0n) is 13.4. The molecule has 0 unspecified atom stereocenters. The van der Waals surface area contributed by atoms with E-state index < -0.39 is 15.4 Å². The first kappa shape index (κ1) is 17.8. The molecule has 3 rings (SSSR count). The van der Waals surface area contributed by atoms with Crippen molar-refractivity contribution in [2.45, 2.75) is 25.3 Å². The molecule has 0 aromatic heterocycles. The van der Waals surface area contributed by atoms with E-state index in [0.717, 1.165) is 18.2 Å². The van der Waals surface area contributed by atoms with Crippen molar-refractivity contribution in [3.05, 3.63) is 34.1 Å². The Bertz CT molecular complexity index is 784. The van der Waals surface area contributed by atoms with Gasteiger partial charge in [0.2, 0.25) is 10.0 Å². The number of hydrogen-bond donors (Lipinski definition) is 1. The minimum absolute atomic E-state index is 0.0908. The predicted molar refractivity (Wildman–Crippen MR) is 90.2 cm³/mol. The Morgan fingerprint density at radius 1 is 1.50 bits per heavy atom. The number of carbonyl (C=O) groups is 1. The van der Waals surface area contributed by atoms with Gasteiger partial charge < -0.3 is 4.74 Å². The van der Waals surface area contributed by atoms with E-state index in [0.29, 0.717) is 17.3 Å². The molecule has 0 bridgehead atoms. The zero-order chi connectivity index (χ0) is 17.7. The van der Waals surface area contributed by atoms with Crippen LogP contribution in [0, 0.1) is 23.1 Å². The number of halogens is 2. The average molecular weight is 420 g/mol. The average Bonchev–Trinajstić information content (AvgIpc) is 3.23. The highest BCUT2D eigenvalue weighted by Gasteiger charge is 2.66. The van der Waals surface area contributed by atoms with Crippen LogP contribution in [0.25, 0.3) is 0 Å². The van der Waals surface area contributed by atoms with Crippen LogP contribution in [0.2, 0.25) is 0 Å². The van der Waals surface area contributed by atoms with Gasteiger partial charge in [0.05, 0.1) is 23.3 Å². The molecule has 0 aliphatic heterocycles. The van der Waals surface area contributed by atoms with Gasteiger partial charge in [-0.25, -0.2) is 17.5 Å². The molecule has 0 amide bonds. The summed E-state index contributed by atoms with van der Waals surface area (Å²) in [4.78, 5) is 12.6. The van der Waals surface area contributed by atoms with Gasteiger partial charge >= 0.3 is 5.97 Å². The van der Waals surface area contributed by atoms with Crippen LogP contribution < -0.4 is 4.72 Å². The molecule has 2 aliphatic carbocycles. The smallest absolute Gasteiger partial charge is 0.312 e. The van der Waals surface area contributed by atoms with E-state index >= 15 is 0 Å². The van der Waals surface area contributed by atoms with E-state index in [4.69, 9.17) is 4.74 Å². The van der Waals surface area contributed by atoms with Gasteiger partial charge in [0.15, 0.2) is 0 Å². The zero-order valence-corrected chi connectivity index (χ0v) is 15.8. The lowest BCUT2D eigenvalue weighted by Gasteiger charge is -2.30. The molecule has 2 fully saturated rings. The molecule has 0 heterocycles. The summed E-state index contributed by atoms with van der Waals surface area (Å²) < 4.78 is 44.6. The number of methoxy groups -OCH3 is 1. The number of fused-ring (bicyclic) bond motifs is 1. The van der Waals surface area contributed by atoms with Crippen molar-refractivity contribution in [2.24, 2.45) is 17.3 Å². The molecule has 1 aromatic carbocycles. The Kier molecular flexibility index (Phi) is 4.51. The van der Waals surface area contributed by atoms with E-state index in [1.54, 1.807) is 12.1 Å². The molecule has 8 heteroatoms. The summed E-state index contributed by atoms with van der Waals surface area (Å²) in [5, 5.41) is 0. The maximum atomic E-state index is 13.5. The molecule has 0 spiro atoms. The summed E-state index contributed by atoms with van der Waals surface area (Å²) in [6.45, 7) is 0. The van der Waals surface area contributed by atoms with Crippen LogP contribution in [0.15, 0.2) is 22.7 Å².